The van der Waals surface area contributed by atoms with Gasteiger partial charge in [-0.25, -0.2) is 16.8 Å². The summed E-state index contributed by atoms with van der Waals surface area (Å²) < 4.78 is 69.1. The van der Waals surface area contributed by atoms with E-state index in [0.29, 0.717) is 18.8 Å². The van der Waals surface area contributed by atoms with Crippen molar-refractivity contribution in [1.29, 1.82) is 0 Å². The number of ether oxygens (including phenoxy) is 2. The molecule has 1 aliphatic rings. The minimum atomic E-state index is -3.88. The molecular formula is C32H43N3O8S3. The van der Waals surface area contributed by atoms with Crippen LogP contribution in [0.5, 0.6) is 5.75 Å². The van der Waals surface area contributed by atoms with Crippen LogP contribution in [-0.4, -0.2) is 88.7 Å². The number of likely N-dealkylation sites (N-methyl/N-ethyl adjacent to an activating group) is 1. The fraction of sp³-hybridized carbons (Fsp3) is 0.469. The predicted molar refractivity (Wildman–Crippen MR) is 178 cm³/mol. The summed E-state index contributed by atoms with van der Waals surface area (Å²) in [6.07, 6.45) is 1.34. The first kappa shape index (κ1) is 35.8. The number of rotatable bonds is 9. The van der Waals surface area contributed by atoms with E-state index in [0.717, 1.165) is 24.2 Å². The molecule has 3 aromatic rings. The standard InChI is InChI=1S/C32H43N3O8S3/c1-23-20-35(24(2)22-36)32(37)28-19-26(33-45(38,39)31-14-10-18-44-31)15-16-29(28)43-25(3)11-8-9-17-42-30(23)21-34(4)46(40,41)27-12-6-5-7-13-27/h5-7,10,12-16,18-19,23-25,30,33,36H,8-9,11,17,20-22H2,1-4H3/t23-,24+,25+,30+/m0/s1. The quantitative estimate of drug-likeness (QED) is 0.330. The number of aliphatic hydroxyl groups excluding tert-OH is 1. The normalized spacial score (nSPS) is 21.2. The molecule has 4 atom stereocenters. The lowest BCUT2D eigenvalue weighted by Gasteiger charge is -2.35. The minimum absolute atomic E-state index is 0.0542. The molecule has 2 N–H and O–H groups in total. The van der Waals surface area contributed by atoms with Crippen molar-refractivity contribution in [3.8, 4) is 5.75 Å². The zero-order valence-corrected chi connectivity index (χ0v) is 29.0. The van der Waals surface area contributed by atoms with Gasteiger partial charge in [0.2, 0.25) is 10.0 Å². The highest BCUT2D eigenvalue weighted by Crippen LogP contribution is 2.30. The van der Waals surface area contributed by atoms with Gasteiger partial charge in [0.05, 0.1) is 35.3 Å². The number of aliphatic hydroxyl groups is 1. The number of hydrogen-bond donors (Lipinski definition) is 2. The molecule has 252 valence electrons. The summed E-state index contributed by atoms with van der Waals surface area (Å²) in [5.41, 5.74) is 0.334. The number of nitrogens with zero attached hydrogens (tertiary/aromatic N) is 2. The summed E-state index contributed by atoms with van der Waals surface area (Å²) in [4.78, 5) is 16.0. The summed E-state index contributed by atoms with van der Waals surface area (Å²) in [6, 6.07) is 15.3. The van der Waals surface area contributed by atoms with Gasteiger partial charge in [0.25, 0.3) is 15.9 Å². The molecule has 0 spiro atoms. The number of fused-ring (bicyclic) bond motifs is 1. The van der Waals surface area contributed by atoms with E-state index in [1.165, 1.54) is 28.4 Å². The van der Waals surface area contributed by atoms with Crippen molar-refractivity contribution >= 4 is 43.0 Å². The van der Waals surface area contributed by atoms with E-state index < -0.39 is 38.1 Å². The Morgan fingerprint density at radius 2 is 1.80 bits per heavy atom. The third-order valence-electron chi connectivity index (χ3n) is 7.95. The number of thiophene rings is 1. The van der Waals surface area contributed by atoms with Crippen LogP contribution in [0.2, 0.25) is 0 Å². The summed E-state index contributed by atoms with van der Waals surface area (Å²) in [5.74, 6) is -0.509. The Hall–Kier alpha value is -3.01. The summed E-state index contributed by atoms with van der Waals surface area (Å²) >= 11 is 1.08. The van der Waals surface area contributed by atoms with Crippen LogP contribution < -0.4 is 9.46 Å². The van der Waals surface area contributed by atoms with Gasteiger partial charge in [-0.1, -0.05) is 31.2 Å². The monoisotopic (exact) mass is 693 g/mol. The number of benzene rings is 2. The van der Waals surface area contributed by atoms with Crippen molar-refractivity contribution in [3.63, 3.8) is 0 Å². The topological polar surface area (TPSA) is 143 Å². The number of carbonyl (C=O) groups is 1. The van der Waals surface area contributed by atoms with E-state index in [1.807, 2.05) is 13.8 Å². The maximum Gasteiger partial charge on any atom is 0.271 e. The molecule has 1 amide bonds. The third-order valence-corrected chi connectivity index (χ3v) is 12.6. The highest BCUT2D eigenvalue weighted by Gasteiger charge is 2.32. The highest BCUT2D eigenvalue weighted by atomic mass is 32.2. The lowest BCUT2D eigenvalue weighted by atomic mass is 10.0. The Kier molecular flexibility index (Phi) is 12.2. The molecule has 0 aliphatic carbocycles. The molecule has 2 aromatic carbocycles. The van der Waals surface area contributed by atoms with Crippen LogP contribution in [0.25, 0.3) is 0 Å². The maximum atomic E-state index is 14.3. The Bertz CT molecular complexity index is 1650. The summed E-state index contributed by atoms with van der Waals surface area (Å²) in [7, 11) is -6.16. The van der Waals surface area contributed by atoms with Crippen molar-refractivity contribution < 1.29 is 36.2 Å². The van der Waals surface area contributed by atoms with E-state index in [9.17, 15) is 26.7 Å². The van der Waals surface area contributed by atoms with Gasteiger partial charge < -0.3 is 19.5 Å². The molecule has 4 rings (SSSR count). The van der Waals surface area contributed by atoms with Crippen LogP contribution >= 0.6 is 11.3 Å². The van der Waals surface area contributed by atoms with Crippen molar-refractivity contribution in [2.24, 2.45) is 5.92 Å². The van der Waals surface area contributed by atoms with Gasteiger partial charge in [-0.05, 0) is 74.9 Å². The van der Waals surface area contributed by atoms with Gasteiger partial charge in [-0.2, -0.15) is 4.31 Å². The van der Waals surface area contributed by atoms with Gasteiger partial charge in [-0.3, -0.25) is 9.52 Å². The van der Waals surface area contributed by atoms with Crippen molar-refractivity contribution in [2.45, 2.75) is 67.4 Å². The molecule has 14 heteroatoms. The number of anilines is 1. The SMILES string of the molecule is C[C@@H]1CCCCO[C@H](CN(C)S(=O)(=O)c2ccccc2)[C@@H](C)CN([C@H](C)CO)C(=O)c2cc(NS(=O)(=O)c3cccs3)ccc2O1. The number of nitrogens with one attached hydrogen (secondary N) is 1. The largest absolute Gasteiger partial charge is 0.490 e. The van der Waals surface area contributed by atoms with E-state index in [2.05, 4.69) is 4.72 Å². The predicted octanol–water partition coefficient (Wildman–Crippen LogP) is 4.67. The third kappa shape index (κ3) is 8.87. The molecule has 11 nitrogen and oxygen atoms in total. The molecule has 0 radical (unpaired) electrons. The molecular weight excluding hydrogens is 651 g/mol. The molecule has 46 heavy (non-hydrogen) atoms. The summed E-state index contributed by atoms with van der Waals surface area (Å²) in [5, 5.41) is 11.8. The first-order valence-corrected chi connectivity index (χ1v) is 19.1. The van der Waals surface area contributed by atoms with Crippen LogP contribution in [0.1, 0.15) is 50.4 Å². The second kappa shape index (κ2) is 15.7. The van der Waals surface area contributed by atoms with E-state index >= 15 is 0 Å². The average molecular weight is 694 g/mol. The van der Waals surface area contributed by atoms with Gasteiger partial charge >= 0.3 is 0 Å². The Balaban J connectivity index is 1.67. The Morgan fingerprint density at radius 1 is 1.07 bits per heavy atom. The molecule has 0 bridgehead atoms. The van der Waals surface area contributed by atoms with Gasteiger partial charge in [0, 0.05) is 38.3 Å². The first-order valence-electron chi connectivity index (χ1n) is 15.2. The van der Waals surface area contributed by atoms with Crippen LogP contribution in [0.15, 0.2) is 75.1 Å². The maximum absolute atomic E-state index is 14.3. The van der Waals surface area contributed by atoms with E-state index in [4.69, 9.17) is 9.47 Å². The highest BCUT2D eigenvalue weighted by molar-refractivity contribution is 7.94. The Morgan fingerprint density at radius 3 is 2.48 bits per heavy atom. The molecule has 0 unspecified atom stereocenters. The van der Waals surface area contributed by atoms with E-state index in [1.54, 1.807) is 60.8 Å². The molecule has 0 saturated heterocycles. The number of amides is 1. The zero-order chi connectivity index (χ0) is 33.5. The van der Waals surface area contributed by atoms with Crippen molar-refractivity contribution in [3.05, 3.63) is 71.6 Å². The second-order valence-corrected chi connectivity index (χ2v) is 16.5. The average Bonchev–Trinajstić information content (AvgIpc) is 3.59. The van der Waals surface area contributed by atoms with Gasteiger partial charge in [0.15, 0.2) is 0 Å². The van der Waals surface area contributed by atoms with Crippen molar-refractivity contribution in [1.82, 2.24) is 9.21 Å². The fourth-order valence-electron chi connectivity index (χ4n) is 5.19. The molecule has 1 aliphatic heterocycles. The van der Waals surface area contributed by atoms with Crippen LogP contribution in [0.4, 0.5) is 5.69 Å². The number of hydrogen-bond acceptors (Lipinski definition) is 9. The van der Waals surface area contributed by atoms with Crippen LogP contribution in [0.3, 0.4) is 0 Å². The second-order valence-electron chi connectivity index (χ2n) is 11.6. The minimum Gasteiger partial charge on any atom is -0.490 e. The number of carbonyl (C=O) groups excluding carboxylic acids is 1. The lowest BCUT2D eigenvalue weighted by molar-refractivity contribution is -0.00833. The first-order chi connectivity index (χ1) is 21.8. The molecule has 2 heterocycles. The molecule has 0 saturated carbocycles. The molecule has 0 fully saturated rings. The Labute approximate surface area is 276 Å². The van der Waals surface area contributed by atoms with Gasteiger partial charge in [0.1, 0.15) is 9.96 Å². The van der Waals surface area contributed by atoms with Crippen molar-refractivity contribution in [2.75, 3.05) is 38.1 Å². The van der Waals surface area contributed by atoms with E-state index in [-0.39, 0.29) is 52.1 Å². The number of sulfonamides is 2. The lowest BCUT2D eigenvalue weighted by Crippen LogP contribution is -2.48. The zero-order valence-electron chi connectivity index (χ0n) is 26.5. The van der Waals surface area contributed by atoms with Crippen LogP contribution in [-0.2, 0) is 24.8 Å². The van der Waals surface area contributed by atoms with Gasteiger partial charge in [-0.15, -0.1) is 11.3 Å². The smallest absolute Gasteiger partial charge is 0.271 e. The fourth-order valence-corrected chi connectivity index (χ4v) is 8.44. The molecule has 1 aromatic heterocycles. The van der Waals surface area contributed by atoms with Crippen LogP contribution in [0, 0.1) is 5.92 Å². The summed E-state index contributed by atoms with van der Waals surface area (Å²) in [6.45, 7) is 5.75.